The number of hydrogen-bond donors (Lipinski definition) is 1. The molecule has 0 saturated carbocycles. The molecule has 1 fully saturated rings. The summed E-state index contributed by atoms with van der Waals surface area (Å²) in [6.07, 6.45) is 1.86. The Morgan fingerprint density at radius 1 is 1.26 bits per heavy atom. The van der Waals surface area contributed by atoms with E-state index in [9.17, 15) is 0 Å². The van der Waals surface area contributed by atoms with Gasteiger partial charge in [0.25, 0.3) is 0 Å². The zero-order chi connectivity index (χ0) is 18.6. The second-order valence-corrected chi connectivity index (χ2v) is 7.04. The molecule has 0 radical (unpaired) electrons. The van der Waals surface area contributed by atoms with Gasteiger partial charge in [0.15, 0.2) is 0 Å². The lowest BCUT2D eigenvalue weighted by atomic mass is 10.1. The summed E-state index contributed by atoms with van der Waals surface area (Å²) in [4.78, 5) is 10.5. The number of nitrogens with one attached hydrogen (secondary N) is 1. The molecular weight excluding hydrogens is 362 g/mol. The lowest BCUT2D eigenvalue weighted by molar-refractivity contribution is -0.0156. The van der Waals surface area contributed by atoms with Gasteiger partial charge in [-0.3, -0.25) is 4.90 Å². The first-order valence-electron chi connectivity index (χ1n) is 8.98. The largest absolute Gasteiger partial charge is 0.497 e. The molecule has 2 heterocycles. The van der Waals surface area contributed by atoms with Gasteiger partial charge in [-0.2, -0.15) is 0 Å². The Kier molecular flexibility index (Phi) is 5.43. The van der Waals surface area contributed by atoms with E-state index in [1.165, 1.54) is 5.56 Å². The summed E-state index contributed by atoms with van der Waals surface area (Å²) in [5, 5.41) is 0.714. The van der Waals surface area contributed by atoms with Crippen LogP contribution in [0, 0.1) is 0 Å². The number of imidazole rings is 1. The standard InChI is InChI=1S/C21H22ClN3O2/c1-26-18-7-5-15(6-8-18)13-25-9-10-27-14-20(25)21-23-12-19(24-21)16-3-2-4-17(22)11-16/h2-8,11-12,20H,9-10,13-14H2,1H3,(H,23,24)/t20-/m0/s1. The molecule has 1 N–H and O–H groups in total. The molecule has 5 nitrogen and oxygen atoms in total. The van der Waals surface area contributed by atoms with Crippen LogP contribution in [0.4, 0.5) is 0 Å². The number of methoxy groups -OCH3 is 1. The maximum atomic E-state index is 6.11. The van der Waals surface area contributed by atoms with E-state index in [0.29, 0.717) is 11.6 Å². The van der Waals surface area contributed by atoms with Gasteiger partial charge < -0.3 is 14.5 Å². The third kappa shape index (κ3) is 4.16. The predicted molar refractivity (Wildman–Crippen MR) is 106 cm³/mol. The molecule has 2 aromatic carbocycles. The van der Waals surface area contributed by atoms with Crippen LogP contribution in [0.2, 0.25) is 5.02 Å². The fourth-order valence-electron chi connectivity index (χ4n) is 3.35. The molecule has 1 atom stereocenters. The second-order valence-electron chi connectivity index (χ2n) is 6.60. The van der Waals surface area contributed by atoms with Crippen LogP contribution in [0.5, 0.6) is 5.75 Å². The highest BCUT2D eigenvalue weighted by Crippen LogP contribution is 2.27. The van der Waals surface area contributed by atoms with Crippen molar-refractivity contribution in [3.63, 3.8) is 0 Å². The first-order valence-corrected chi connectivity index (χ1v) is 9.36. The van der Waals surface area contributed by atoms with Gasteiger partial charge in [-0.1, -0.05) is 35.9 Å². The Labute approximate surface area is 163 Å². The predicted octanol–water partition coefficient (Wildman–Crippen LogP) is 4.31. The van der Waals surface area contributed by atoms with Crippen molar-refractivity contribution in [3.05, 3.63) is 71.1 Å². The summed E-state index contributed by atoms with van der Waals surface area (Å²) in [5.74, 6) is 1.78. The number of morpholine rings is 1. The van der Waals surface area contributed by atoms with Crippen molar-refractivity contribution < 1.29 is 9.47 Å². The maximum Gasteiger partial charge on any atom is 0.126 e. The summed E-state index contributed by atoms with van der Waals surface area (Å²) in [7, 11) is 1.68. The Bertz CT molecular complexity index is 894. The monoisotopic (exact) mass is 383 g/mol. The topological polar surface area (TPSA) is 50.4 Å². The number of H-pyrrole nitrogens is 1. The van der Waals surface area contributed by atoms with E-state index in [1.807, 2.05) is 42.6 Å². The highest BCUT2D eigenvalue weighted by molar-refractivity contribution is 6.30. The number of rotatable bonds is 5. The van der Waals surface area contributed by atoms with Crippen LogP contribution in [0.25, 0.3) is 11.3 Å². The van der Waals surface area contributed by atoms with Gasteiger partial charge in [0.05, 0.1) is 38.3 Å². The van der Waals surface area contributed by atoms with Crippen molar-refractivity contribution in [1.82, 2.24) is 14.9 Å². The van der Waals surface area contributed by atoms with Gasteiger partial charge in [-0.15, -0.1) is 0 Å². The molecule has 140 valence electrons. The Morgan fingerprint density at radius 2 is 2.11 bits per heavy atom. The number of halogens is 1. The molecule has 4 rings (SSSR count). The van der Waals surface area contributed by atoms with Gasteiger partial charge in [0, 0.05) is 23.7 Å². The summed E-state index contributed by atoms with van der Waals surface area (Å²) >= 11 is 6.11. The van der Waals surface area contributed by atoms with Crippen LogP contribution in [0.1, 0.15) is 17.4 Å². The quantitative estimate of drug-likeness (QED) is 0.713. The molecule has 6 heteroatoms. The molecule has 0 bridgehead atoms. The van der Waals surface area contributed by atoms with Crippen LogP contribution < -0.4 is 4.74 Å². The van der Waals surface area contributed by atoms with Gasteiger partial charge in [0.2, 0.25) is 0 Å². The van der Waals surface area contributed by atoms with E-state index in [4.69, 9.17) is 21.1 Å². The average Bonchev–Trinajstić information content (AvgIpc) is 3.19. The summed E-state index contributed by atoms with van der Waals surface area (Å²) < 4.78 is 11.0. The molecule has 27 heavy (non-hydrogen) atoms. The molecule has 1 aliphatic rings. The lowest BCUT2D eigenvalue weighted by Gasteiger charge is -2.34. The van der Waals surface area contributed by atoms with Crippen LogP contribution >= 0.6 is 11.6 Å². The van der Waals surface area contributed by atoms with Crippen molar-refractivity contribution in [2.45, 2.75) is 12.6 Å². The van der Waals surface area contributed by atoms with E-state index in [-0.39, 0.29) is 6.04 Å². The Hall–Kier alpha value is -2.34. The van der Waals surface area contributed by atoms with E-state index in [0.717, 1.165) is 42.5 Å². The van der Waals surface area contributed by atoms with Crippen molar-refractivity contribution in [2.24, 2.45) is 0 Å². The minimum absolute atomic E-state index is 0.0915. The number of aromatic amines is 1. The first-order chi connectivity index (χ1) is 13.2. The Morgan fingerprint density at radius 3 is 2.89 bits per heavy atom. The fourth-order valence-corrected chi connectivity index (χ4v) is 3.54. The van der Waals surface area contributed by atoms with Gasteiger partial charge in [-0.25, -0.2) is 4.98 Å². The van der Waals surface area contributed by atoms with Gasteiger partial charge in [-0.05, 0) is 29.8 Å². The van der Waals surface area contributed by atoms with Crippen LogP contribution in [-0.2, 0) is 11.3 Å². The van der Waals surface area contributed by atoms with Crippen LogP contribution in [-0.4, -0.2) is 41.7 Å². The Balaban J connectivity index is 1.53. The molecule has 1 aromatic heterocycles. The normalized spacial score (nSPS) is 17.8. The molecule has 0 amide bonds. The van der Waals surface area contributed by atoms with Crippen LogP contribution in [0.3, 0.4) is 0 Å². The highest BCUT2D eigenvalue weighted by Gasteiger charge is 2.27. The molecule has 1 saturated heterocycles. The SMILES string of the molecule is COc1ccc(CN2CCOC[C@H]2c2ncc(-c3cccc(Cl)c3)[nH]2)cc1. The molecular formula is C21H22ClN3O2. The summed E-state index contributed by atoms with van der Waals surface area (Å²) in [6, 6.07) is 16.1. The third-order valence-corrected chi connectivity index (χ3v) is 5.07. The van der Waals surface area contributed by atoms with E-state index >= 15 is 0 Å². The number of aromatic nitrogens is 2. The molecule has 0 spiro atoms. The fraction of sp³-hybridized carbons (Fsp3) is 0.286. The van der Waals surface area contributed by atoms with Crippen molar-refractivity contribution >= 4 is 11.6 Å². The second kappa shape index (κ2) is 8.13. The number of nitrogens with zero attached hydrogens (tertiary/aromatic N) is 2. The number of ether oxygens (including phenoxy) is 2. The number of benzene rings is 2. The maximum absolute atomic E-state index is 6.11. The van der Waals surface area contributed by atoms with Gasteiger partial charge >= 0.3 is 0 Å². The smallest absolute Gasteiger partial charge is 0.126 e. The average molecular weight is 384 g/mol. The molecule has 3 aromatic rings. The molecule has 0 aliphatic carbocycles. The van der Waals surface area contributed by atoms with E-state index in [2.05, 4.69) is 27.0 Å². The zero-order valence-corrected chi connectivity index (χ0v) is 15.9. The van der Waals surface area contributed by atoms with E-state index < -0.39 is 0 Å². The van der Waals surface area contributed by atoms with Crippen molar-refractivity contribution in [1.29, 1.82) is 0 Å². The molecule has 1 aliphatic heterocycles. The van der Waals surface area contributed by atoms with E-state index in [1.54, 1.807) is 7.11 Å². The lowest BCUT2D eigenvalue weighted by Crippen LogP contribution is -2.39. The minimum Gasteiger partial charge on any atom is -0.497 e. The van der Waals surface area contributed by atoms with Crippen LogP contribution in [0.15, 0.2) is 54.7 Å². The third-order valence-electron chi connectivity index (χ3n) is 4.83. The summed E-state index contributed by atoms with van der Waals surface area (Å²) in [6.45, 7) is 3.06. The highest BCUT2D eigenvalue weighted by atomic mass is 35.5. The van der Waals surface area contributed by atoms with Crippen molar-refractivity contribution in [3.8, 4) is 17.0 Å². The summed E-state index contributed by atoms with van der Waals surface area (Å²) in [5.41, 5.74) is 3.23. The molecule has 0 unspecified atom stereocenters. The number of hydrogen-bond acceptors (Lipinski definition) is 4. The van der Waals surface area contributed by atoms with Crippen molar-refractivity contribution in [2.75, 3.05) is 26.9 Å². The minimum atomic E-state index is 0.0915. The first kappa shape index (κ1) is 18.0. The van der Waals surface area contributed by atoms with Gasteiger partial charge in [0.1, 0.15) is 11.6 Å². The zero-order valence-electron chi connectivity index (χ0n) is 15.2.